The van der Waals surface area contributed by atoms with Crippen LogP contribution in [0.2, 0.25) is 10.0 Å². The number of aliphatic hydroxyl groups is 1. The van der Waals surface area contributed by atoms with Crippen LogP contribution in [0.3, 0.4) is 0 Å². The molecule has 1 fully saturated rings. The Kier molecular flexibility index (Phi) is 8.30. The Labute approximate surface area is 207 Å². The number of carbonyl (C=O) groups is 2. The number of amides is 1. The van der Waals surface area contributed by atoms with Crippen LogP contribution in [-0.4, -0.2) is 62.8 Å². The number of rotatable bonds is 9. The van der Waals surface area contributed by atoms with Gasteiger partial charge in [0.25, 0.3) is 11.7 Å². The van der Waals surface area contributed by atoms with Gasteiger partial charge in [-0.15, -0.1) is 0 Å². The van der Waals surface area contributed by atoms with Crippen LogP contribution in [0.5, 0.6) is 17.2 Å². The van der Waals surface area contributed by atoms with Crippen molar-refractivity contribution in [1.29, 1.82) is 0 Å². The molecule has 1 aliphatic rings. The molecule has 34 heavy (non-hydrogen) atoms. The zero-order valence-corrected chi connectivity index (χ0v) is 20.7. The molecule has 3 rings (SSSR count). The second kappa shape index (κ2) is 11.0. The molecule has 0 aliphatic carbocycles. The molecule has 1 amide bonds. The van der Waals surface area contributed by atoms with E-state index in [9.17, 15) is 14.7 Å². The van der Waals surface area contributed by atoms with E-state index in [0.717, 1.165) is 0 Å². The monoisotopic (exact) mass is 509 g/mol. The summed E-state index contributed by atoms with van der Waals surface area (Å²) in [6, 6.07) is 6.99. The van der Waals surface area contributed by atoms with Gasteiger partial charge in [0, 0.05) is 18.7 Å². The zero-order valence-electron chi connectivity index (χ0n) is 19.2. The fourth-order valence-electron chi connectivity index (χ4n) is 3.87. The minimum Gasteiger partial charge on any atom is -0.507 e. The summed E-state index contributed by atoms with van der Waals surface area (Å²) in [6.45, 7) is 2.50. The number of halogens is 2. The number of hydrogen-bond acceptors (Lipinski definition) is 7. The highest BCUT2D eigenvalue weighted by atomic mass is 35.5. The lowest BCUT2D eigenvalue weighted by atomic mass is 9.94. The number of methoxy groups -OCH3 is 3. The van der Waals surface area contributed by atoms with E-state index >= 15 is 0 Å². The van der Waals surface area contributed by atoms with Crippen LogP contribution in [0, 0.1) is 0 Å². The number of carbonyl (C=O) groups excluding carboxylic acids is 2. The summed E-state index contributed by atoms with van der Waals surface area (Å²) >= 11 is 12.4. The maximum absolute atomic E-state index is 13.2. The lowest BCUT2D eigenvalue weighted by molar-refractivity contribution is -0.140. The molecule has 1 heterocycles. The molecule has 2 aromatic carbocycles. The summed E-state index contributed by atoms with van der Waals surface area (Å²) in [4.78, 5) is 27.5. The first-order chi connectivity index (χ1) is 16.3. The number of aliphatic hydroxyl groups excluding tert-OH is 1. The van der Waals surface area contributed by atoms with Gasteiger partial charge in [0.05, 0.1) is 49.6 Å². The number of nitrogens with zero attached hydrogens (tertiary/aromatic N) is 1. The quantitative estimate of drug-likeness (QED) is 0.302. The maximum Gasteiger partial charge on any atom is 0.295 e. The Bertz CT molecular complexity index is 1130. The molecule has 10 heteroatoms. The fourth-order valence-corrected chi connectivity index (χ4v) is 4.44. The lowest BCUT2D eigenvalue weighted by Crippen LogP contribution is -2.32. The summed E-state index contributed by atoms with van der Waals surface area (Å²) in [7, 11) is 4.38. The first-order valence-electron chi connectivity index (χ1n) is 10.4. The number of Topliss-reactive ketones (excluding diaryl/α,β-unsaturated/α-hetero) is 1. The van der Waals surface area contributed by atoms with Crippen molar-refractivity contribution < 1.29 is 33.6 Å². The number of likely N-dealkylation sites (tertiary alicyclic amines) is 1. The van der Waals surface area contributed by atoms with E-state index in [0.29, 0.717) is 23.7 Å². The van der Waals surface area contributed by atoms with Gasteiger partial charge in [0.15, 0.2) is 11.5 Å². The third-order valence-electron chi connectivity index (χ3n) is 5.35. The van der Waals surface area contributed by atoms with Crippen LogP contribution in [0.4, 0.5) is 0 Å². The predicted molar refractivity (Wildman–Crippen MR) is 128 cm³/mol. The largest absolute Gasteiger partial charge is 0.507 e. The molecule has 1 N–H and O–H groups in total. The van der Waals surface area contributed by atoms with Crippen molar-refractivity contribution in [2.45, 2.75) is 13.0 Å². The Morgan fingerprint density at radius 1 is 1.06 bits per heavy atom. The highest BCUT2D eigenvalue weighted by molar-refractivity contribution is 6.46. The number of hydrogen-bond donors (Lipinski definition) is 1. The van der Waals surface area contributed by atoms with E-state index in [4.69, 9.17) is 42.1 Å². The maximum atomic E-state index is 13.2. The fraction of sp³-hybridized carbons (Fsp3) is 0.333. The molecule has 1 saturated heterocycles. The Morgan fingerprint density at radius 2 is 1.79 bits per heavy atom. The van der Waals surface area contributed by atoms with Crippen LogP contribution in [0.15, 0.2) is 35.9 Å². The van der Waals surface area contributed by atoms with Crippen LogP contribution < -0.4 is 14.2 Å². The van der Waals surface area contributed by atoms with E-state index < -0.39 is 23.5 Å². The van der Waals surface area contributed by atoms with Gasteiger partial charge >= 0.3 is 0 Å². The standard InChI is InChI=1S/C24H25Cl2NO7/c1-5-34-18-10-13(6-7-17(18)32-3)20-19(22(29)24(30)27(20)8-9-31-2)21(28)15-11-14(25)12-16(26)23(15)33-4/h6-7,10-12,20,28H,5,8-9H2,1-4H3/b21-19+. The van der Waals surface area contributed by atoms with Crippen LogP contribution >= 0.6 is 23.2 Å². The molecule has 1 aliphatic heterocycles. The Balaban J connectivity index is 2.28. The summed E-state index contributed by atoms with van der Waals surface area (Å²) in [5, 5.41) is 11.7. The second-order valence-corrected chi connectivity index (χ2v) is 8.14. The van der Waals surface area contributed by atoms with Gasteiger partial charge in [-0.25, -0.2) is 0 Å². The molecular formula is C24H25Cl2NO7. The molecule has 0 aromatic heterocycles. The smallest absolute Gasteiger partial charge is 0.295 e. The topological polar surface area (TPSA) is 94.5 Å². The SMILES string of the molecule is CCOc1cc(C2/C(=C(\O)c3cc(Cl)cc(Cl)c3OC)C(=O)C(=O)N2CCOC)ccc1OC. The first kappa shape index (κ1) is 25.7. The molecular weight excluding hydrogens is 485 g/mol. The molecule has 1 unspecified atom stereocenters. The van der Waals surface area contributed by atoms with Crippen molar-refractivity contribution in [3.05, 3.63) is 57.1 Å². The average molecular weight is 510 g/mol. The minimum absolute atomic E-state index is 0.0910. The predicted octanol–water partition coefficient (Wildman–Crippen LogP) is 4.48. The number of benzene rings is 2. The summed E-state index contributed by atoms with van der Waals surface area (Å²) in [6.07, 6.45) is 0. The van der Waals surface area contributed by atoms with Crippen LogP contribution in [0.1, 0.15) is 24.1 Å². The van der Waals surface area contributed by atoms with E-state index in [1.54, 1.807) is 18.2 Å². The lowest BCUT2D eigenvalue weighted by Gasteiger charge is -2.26. The molecule has 0 bridgehead atoms. The van der Waals surface area contributed by atoms with E-state index in [-0.39, 0.29) is 40.1 Å². The number of ketones is 1. The van der Waals surface area contributed by atoms with Gasteiger partial charge in [0.1, 0.15) is 11.5 Å². The second-order valence-electron chi connectivity index (χ2n) is 7.30. The van der Waals surface area contributed by atoms with Gasteiger partial charge in [-0.3, -0.25) is 9.59 Å². The van der Waals surface area contributed by atoms with Crippen molar-refractivity contribution in [1.82, 2.24) is 4.90 Å². The van der Waals surface area contributed by atoms with Crippen molar-refractivity contribution in [3.63, 3.8) is 0 Å². The first-order valence-corrected chi connectivity index (χ1v) is 11.2. The molecule has 182 valence electrons. The highest BCUT2D eigenvalue weighted by Crippen LogP contribution is 2.44. The van der Waals surface area contributed by atoms with E-state index in [2.05, 4.69) is 0 Å². The van der Waals surface area contributed by atoms with Gasteiger partial charge in [-0.1, -0.05) is 29.3 Å². The van der Waals surface area contributed by atoms with Gasteiger partial charge in [-0.2, -0.15) is 0 Å². The van der Waals surface area contributed by atoms with Crippen molar-refractivity contribution in [2.75, 3.05) is 41.1 Å². The minimum atomic E-state index is -0.928. The molecule has 0 radical (unpaired) electrons. The average Bonchev–Trinajstić information content (AvgIpc) is 3.06. The zero-order chi connectivity index (χ0) is 25.0. The molecule has 1 atom stereocenters. The van der Waals surface area contributed by atoms with E-state index in [1.165, 1.54) is 38.4 Å². The Hall–Kier alpha value is -2.94. The summed E-state index contributed by atoms with van der Waals surface area (Å²) < 4.78 is 21.5. The summed E-state index contributed by atoms with van der Waals surface area (Å²) in [5.41, 5.74) is 0.492. The van der Waals surface area contributed by atoms with Crippen molar-refractivity contribution in [2.24, 2.45) is 0 Å². The van der Waals surface area contributed by atoms with Crippen LogP contribution in [0.25, 0.3) is 5.76 Å². The number of ether oxygens (including phenoxy) is 4. The Morgan fingerprint density at radius 3 is 2.41 bits per heavy atom. The van der Waals surface area contributed by atoms with E-state index in [1.807, 2.05) is 6.92 Å². The van der Waals surface area contributed by atoms with Gasteiger partial charge < -0.3 is 29.0 Å². The normalized spacial score (nSPS) is 17.2. The molecule has 0 spiro atoms. The van der Waals surface area contributed by atoms with Gasteiger partial charge in [0.2, 0.25) is 0 Å². The molecule has 0 saturated carbocycles. The van der Waals surface area contributed by atoms with Crippen molar-refractivity contribution >= 4 is 40.7 Å². The van der Waals surface area contributed by atoms with Crippen molar-refractivity contribution in [3.8, 4) is 17.2 Å². The molecule has 8 nitrogen and oxygen atoms in total. The third-order valence-corrected chi connectivity index (χ3v) is 5.85. The van der Waals surface area contributed by atoms with Gasteiger partial charge in [-0.05, 0) is 36.8 Å². The van der Waals surface area contributed by atoms with Crippen LogP contribution in [-0.2, 0) is 14.3 Å². The summed E-state index contributed by atoms with van der Waals surface area (Å²) in [5.74, 6) is -1.05. The molecule has 2 aromatic rings. The third kappa shape index (κ3) is 4.80. The highest BCUT2D eigenvalue weighted by Gasteiger charge is 2.46.